The van der Waals surface area contributed by atoms with E-state index >= 15 is 0 Å². The van der Waals surface area contributed by atoms with Crippen molar-refractivity contribution in [1.29, 1.82) is 0 Å². The third kappa shape index (κ3) is 4.52. The fourth-order valence-corrected chi connectivity index (χ4v) is 8.68. The maximum atomic E-state index is 12.9. The zero-order chi connectivity index (χ0) is 24.2. The smallest absolute Gasteiger partial charge is 0.243 e. The lowest BCUT2D eigenvalue weighted by atomic mass is 9.48. The molecule has 5 fully saturated rings. The van der Waals surface area contributed by atoms with Crippen LogP contribution in [0.25, 0.3) is 0 Å². The van der Waals surface area contributed by atoms with E-state index in [4.69, 9.17) is 16.3 Å². The average Bonchev–Trinajstić information content (AvgIpc) is 2.83. The van der Waals surface area contributed by atoms with Gasteiger partial charge in [-0.1, -0.05) is 18.5 Å². The molecule has 10 heteroatoms. The lowest BCUT2D eigenvalue weighted by molar-refractivity contribution is -0.0505. The molecule has 2 atom stereocenters. The van der Waals surface area contributed by atoms with Crippen molar-refractivity contribution in [2.45, 2.75) is 50.0 Å². The van der Waals surface area contributed by atoms with Gasteiger partial charge in [0.2, 0.25) is 16.0 Å². The van der Waals surface area contributed by atoms with Crippen molar-refractivity contribution in [3.8, 4) is 0 Å². The number of sulfonamides is 1. The van der Waals surface area contributed by atoms with Gasteiger partial charge in [0.1, 0.15) is 5.02 Å². The minimum atomic E-state index is -3.53. The van der Waals surface area contributed by atoms with Gasteiger partial charge in [0.15, 0.2) is 5.82 Å². The summed E-state index contributed by atoms with van der Waals surface area (Å²) in [7, 11) is -3.53. The molecule has 2 heterocycles. The number of hydrogen-bond donors (Lipinski definition) is 2. The lowest BCUT2D eigenvalue weighted by Crippen LogP contribution is -2.55. The number of nitrogens with zero attached hydrogens (tertiary/aromatic N) is 3. The highest BCUT2D eigenvalue weighted by Gasteiger charge is 2.53. The molecular weight excluding hydrogens is 486 g/mol. The zero-order valence-electron chi connectivity index (χ0n) is 19.9. The number of rotatable bonds is 6. The number of halogens is 1. The van der Waals surface area contributed by atoms with Crippen LogP contribution >= 0.6 is 11.6 Å². The minimum Gasteiger partial charge on any atom is -0.379 e. The van der Waals surface area contributed by atoms with Gasteiger partial charge in [0, 0.05) is 24.8 Å². The van der Waals surface area contributed by atoms with Crippen molar-refractivity contribution in [3.63, 3.8) is 0 Å². The molecule has 1 aromatic heterocycles. The first-order valence-corrected chi connectivity index (χ1v) is 14.3. The van der Waals surface area contributed by atoms with E-state index in [-0.39, 0.29) is 4.90 Å². The Kier molecular flexibility index (Phi) is 5.94. The van der Waals surface area contributed by atoms with Gasteiger partial charge >= 0.3 is 0 Å². The quantitative estimate of drug-likeness (QED) is 0.581. The molecule has 2 unspecified atom stereocenters. The molecule has 1 aromatic carbocycles. The van der Waals surface area contributed by atoms with E-state index < -0.39 is 10.0 Å². The lowest BCUT2D eigenvalue weighted by Gasteiger charge is -2.59. The average molecular weight is 518 g/mol. The molecule has 4 bridgehead atoms. The number of anilines is 3. The van der Waals surface area contributed by atoms with Crippen molar-refractivity contribution in [1.82, 2.24) is 14.3 Å². The SMILES string of the molecule is CC12CC3CC(C1)C(Nc1nc(Nc4ccc(S(=O)(=O)N5CCOCC5)cc4)ncc1Cl)C(C3)C2. The molecule has 1 saturated heterocycles. The molecule has 5 aliphatic rings. The molecule has 0 radical (unpaired) electrons. The Hall–Kier alpha value is -1.94. The minimum absolute atomic E-state index is 0.264. The number of hydrogen-bond acceptors (Lipinski definition) is 7. The topological polar surface area (TPSA) is 96.5 Å². The van der Waals surface area contributed by atoms with E-state index in [2.05, 4.69) is 27.5 Å². The number of aromatic nitrogens is 2. The first-order valence-electron chi connectivity index (χ1n) is 12.5. The second-order valence-corrected chi connectivity index (χ2v) is 13.4. The van der Waals surface area contributed by atoms with E-state index in [1.54, 1.807) is 30.5 Å². The number of ether oxygens (including phenoxy) is 1. The van der Waals surface area contributed by atoms with Crippen LogP contribution in [-0.4, -0.2) is 55.0 Å². The first kappa shape index (κ1) is 23.5. The molecule has 188 valence electrons. The van der Waals surface area contributed by atoms with Crippen molar-refractivity contribution in [2.75, 3.05) is 36.9 Å². The Balaban J connectivity index is 1.16. The Labute approximate surface area is 211 Å². The maximum Gasteiger partial charge on any atom is 0.243 e. The molecule has 1 aliphatic heterocycles. The highest BCUT2D eigenvalue weighted by molar-refractivity contribution is 7.89. The van der Waals surface area contributed by atoms with Crippen LogP contribution in [0.1, 0.15) is 39.0 Å². The van der Waals surface area contributed by atoms with E-state index in [0.717, 1.165) is 5.92 Å². The van der Waals surface area contributed by atoms with E-state index in [1.807, 2.05) is 0 Å². The van der Waals surface area contributed by atoms with Gasteiger partial charge in [-0.3, -0.25) is 0 Å². The standard InChI is InChI=1S/C25H32ClN5O3S/c1-25-12-16-10-17(13-25)22(18(11-16)14-25)29-23-21(26)15-27-24(30-23)28-19-2-4-20(5-3-19)35(32,33)31-6-8-34-9-7-31/h2-5,15-18,22H,6-14H2,1H3,(H2,27,28,29,30). The predicted molar refractivity (Wildman–Crippen MR) is 135 cm³/mol. The Morgan fingerprint density at radius 2 is 1.77 bits per heavy atom. The highest BCUT2D eigenvalue weighted by atomic mass is 35.5. The number of benzene rings is 1. The van der Waals surface area contributed by atoms with Crippen molar-refractivity contribution in [3.05, 3.63) is 35.5 Å². The van der Waals surface area contributed by atoms with E-state index in [0.29, 0.717) is 72.1 Å². The molecule has 4 aliphatic carbocycles. The van der Waals surface area contributed by atoms with Crippen LogP contribution in [0.15, 0.2) is 35.4 Å². The monoisotopic (exact) mass is 517 g/mol. The zero-order valence-corrected chi connectivity index (χ0v) is 21.5. The van der Waals surface area contributed by atoms with Crippen LogP contribution < -0.4 is 10.6 Å². The van der Waals surface area contributed by atoms with Gasteiger partial charge in [-0.05, 0) is 79.5 Å². The van der Waals surface area contributed by atoms with E-state index in [1.165, 1.54) is 36.4 Å². The van der Waals surface area contributed by atoms with Crippen molar-refractivity contribution >= 4 is 39.1 Å². The summed E-state index contributed by atoms with van der Waals surface area (Å²) in [6, 6.07) is 7.09. The summed E-state index contributed by atoms with van der Waals surface area (Å²) in [5, 5.41) is 7.39. The molecule has 8 nitrogen and oxygen atoms in total. The van der Waals surface area contributed by atoms with Gasteiger partial charge in [-0.25, -0.2) is 13.4 Å². The summed E-state index contributed by atoms with van der Waals surface area (Å²) in [4.78, 5) is 9.28. The fraction of sp³-hybridized carbons (Fsp3) is 0.600. The molecule has 0 amide bonds. The van der Waals surface area contributed by atoms with Gasteiger partial charge in [0.25, 0.3) is 0 Å². The molecule has 4 saturated carbocycles. The fourth-order valence-electron chi connectivity index (χ4n) is 7.13. The third-order valence-electron chi connectivity index (χ3n) is 8.35. The second-order valence-electron chi connectivity index (χ2n) is 11.0. The van der Waals surface area contributed by atoms with Gasteiger partial charge in [0.05, 0.1) is 24.3 Å². The summed E-state index contributed by atoms with van der Waals surface area (Å²) in [5.41, 5.74) is 1.22. The normalized spacial score (nSPS) is 32.5. The summed E-state index contributed by atoms with van der Waals surface area (Å²) in [5.74, 6) is 3.32. The Morgan fingerprint density at radius 1 is 1.09 bits per heavy atom. The van der Waals surface area contributed by atoms with E-state index in [9.17, 15) is 8.42 Å². The van der Waals surface area contributed by atoms with Crippen LogP contribution in [-0.2, 0) is 14.8 Å². The second kappa shape index (κ2) is 8.87. The molecule has 0 spiro atoms. The first-order chi connectivity index (χ1) is 16.8. The summed E-state index contributed by atoms with van der Waals surface area (Å²) >= 11 is 6.49. The third-order valence-corrected chi connectivity index (χ3v) is 10.5. The summed E-state index contributed by atoms with van der Waals surface area (Å²) in [6.45, 7) is 4.06. The van der Waals surface area contributed by atoms with Crippen molar-refractivity contribution in [2.24, 2.45) is 23.2 Å². The van der Waals surface area contributed by atoms with Crippen molar-refractivity contribution < 1.29 is 13.2 Å². The largest absolute Gasteiger partial charge is 0.379 e. The van der Waals surface area contributed by atoms with Gasteiger partial charge < -0.3 is 15.4 Å². The highest BCUT2D eigenvalue weighted by Crippen LogP contribution is 2.60. The van der Waals surface area contributed by atoms with Crippen LogP contribution in [0.3, 0.4) is 0 Å². The Morgan fingerprint density at radius 3 is 2.43 bits per heavy atom. The molecule has 35 heavy (non-hydrogen) atoms. The Bertz CT molecular complexity index is 1190. The molecule has 7 rings (SSSR count). The van der Waals surface area contributed by atoms with Crippen LogP contribution in [0.5, 0.6) is 0 Å². The van der Waals surface area contributed by atoms with Crippen LogP contribution in [0.4, 0.5) is 17.5 Å². The summed E-state index contributed by atoms with van der Waals surface area (Å²) < 4.78 is 32.4. The van der Waals surface area contributed by atoms with Gasteiger partial charge in [-0.2, -0.15) is 9.29 Å². The number of morpholine rings is 1. The molecule has 2 N–H and O–H groups in total. The molecule has 2 aromatic rings. The maximum absolute atomic E-state index is 12.9. The summed E-state index contributed by atoms with van der Waals surface area (Å²) in [6.07, 6.45) is 8.18. The van der Waals surface area contributed by atoms with Gasteiger partial charge in [-0.15, -0.1) is 0 Å². The molecular formula is C25H32ClN5O3S. The van der Waals surface area contributed by atoms with Crippen LogP contribution in [0, 0.1) is 23.2 Å². The number of nitrogens with one attached hydrogen (secondary N) is 2. The van der Waals surface area contributed by atoms with Crippen LogP contribution in [0.2, 0.25) is 5.02 Å². The predicted octanol–water partition coefficient (Wildman–Crippen LogP) is 4.52.